The van der Waals surface area contributed by atoms with E-state index in [0.29, 0.717) is 31.1 Å². The van der Waals surface area contributed by atoms with Gasteiger partial charge in [-0.15, -0.1) is 0 Å². The van der Waals surface area contributed by atoms with Crippen LogP contribution >= 0.6 is 11.6 Å². The van der Waals surface area contributed by atoms with Crippen molar-refractivity contribution in [1.82, 2.24) is 20.1 Å². The highest BCUT2D eigenvalue weighted by Gasteiger charge is 2.23. The summed E-state index contributed by atoms with van der Waals surface area (Å²) in [7, 11) is 1.78. The average Bonchev–Trinajstić information content (AvgIpc) is 2.70. The quantitative estimate of drug-likeness (QED) is 0.634. The number of benzene rings is 1. The number of guanidine groups is 1. The minimum atomic E-state index is 0.133. The molecule has 0 aliphatic carbocycles. The molecular formula is C21H26ClN5O. The van der Waals surface area contributed by atoms with E-state index in [4.69, 9.17) is 11.6 Å². The van der Waals surface area contributed by atoms with Gasteiger partial charge in [-0.1, -0.05) is 29.8 Å². The number of rotatable bonds is 4. The van der Waals surface area contributed by atoms with E-state index in [9.17, 15) is 4.79 Å². The molecule has 2 heterocycles. The van der Waals surface area contributed by atoms with E-state index in [2.05, 4.69) is 33.2 Å². The molecule has 0 radical (unpaired) electrons. The van der Waals surface area contributed by atoms with Gasteiger partial charge in [-0.05, 0) is 36.2 Å². The predicted molar refractivity (Wildman–Crippen MR) is 112 cm³/mol. The molecule has 1 fully saturated rings. The molecule has 7 heteroatoms. The van der Waals surface area contributed by atoms with Crippen LogP contribution in [-0.2, 0) is 17.8 Å². The molecule has 148 valence electrons. The first kappa shape index (κ1) is 20.1. The Balaban J connectivity index is 1.50. The van der Waals surface area contributed by atoms with E-state index < -0.39 is 0 Å². The highest BCUT2D eigenvalue weighted by molar-refractivity contribution is 6.30. The Hall–Kier alpha value is -2.60. The molecule has 2 aromatic rings. The number of nitrogens with one attached hydrogen (secondary N) is 1. The summed E-state index contributed by atoms with van der Waals surface area (Å²) in [5.74, 6) is 0.973. The number of aromatic nitrogens is 1. The number of pyridine rings is 1. The normalized spacial score (nSPS) is 14.9. The molecule has 1 aromatic carbocycles. The molecule has 0 bridgehead atoms. The molecule has 0 saturated carbocycles. The van der Waals surface area contributed by atoms with Gasteiger partial charge < -0.3 is 15.1 Å². The van der Waals surface area contributed by atoms with Gasteiger partial charge in [-0.25, -0.2) is 0 Å². The highest BCUT2D eigenvalue weighted by atomic mass is 35.5. The third-order valence-electron chi connectivity index (χ3n) is 4.92. The molecule has 0 unspecified atom stereocenters. The van der Waals surface area contributed by atoms with E-state index in [0.717, 1.165) is 35.9 Å². The first-order valence-electron chi connectivity index (χ1n) is 9.45. The lowest BCUT2D eigenvalue weighted by atomic mass is 10.1. The molecule has 1 aliphatic rings. The van der Waals surface area contributed by atoms with Crippen molar-refractivity contribution in [1.29, 1.82) is 0 Å². The average molecular weight is 400 g/mol. The minimum absolute atomic E-state index is 0.133. The molecule has 0 spiro atoms. The first-order valence-corrected chi connectivity index (χ1v) is 9.83. The predicted octanol–water partition coefficient (Wildman–Crippen LogP) is 2.51. The number of aryl methyl sites for hydroxylation is 1. The van der Waals surface area contributed by atoms with Gasteiger partial charge in [0.1, 0.15) is 0 Å². The van der Waals surface area contributed by atoms with Crippen LogP contribution in [-0.4, -0.2) is 59.9 Å². The Morgan fingerprint density at radius 1 is 1.18 bits per heavy atom. The van der Waals surface area contributed by atoms with Gasteiger partial charge in [0.2, 0.25) is 5.91 Å². The Morgan fingerprint density at radius 2 is 1.93 bits per heavy atom. The highest BCUT2D eigenvalue weighted by Crippen LogP contribution is 2.13. The van der Waals surface area contributed by atoms with Gasteiger partial charge in [0.05, 0.1) is 18.7 Å². The van der Waals surface area contributed by atoms with Crippen molar-refractivity contribution in [2.45, 2.75) is 19.9 Å². The third-order valence-corrected chi connectivity index (χ3v) is 5.15. The van der Waals surface area contributed by atoms with Gasteiger partial charge in [0, 0.05) is 44.4 Å². The summed E-state index contributed by atoms with van der Waals surface area (Å²) in [5, 5.41) is 4.04. The van der Waals surface area contributed by atoms with Crippen molar-refractivity contribution in [2.75, 3.05) is 33.2 Å². The second-order valence-corrected chi connectivity index (χ2v) is 7.28. The van der Waals surface area contributed by atoms with Crippen molar-refractivity contribution in [3.05, 3.63) is 64.4 Å². The summed E-state index contributed by atoms with van der Waals surface area (Å²) < 4.78 is 0. The fourth-order valence-electron chi connectivity index (χ4n) is 3.30. The molecule has 1 saturated heterocycles. The second kappa shape index (κ2) is 9.55. The van der Waals surface area contributed by atoms with Gasteiger partial charge in [0.25, 0.3) is 0 Å². The summed E-state index contributed by atoms with van der Waals surface area (Å²) in [6, 6.07) is 11.5. The maximum atomic E-state index is 12.6. The molecular weight excluding hydrogens is 374 g/mol. The summed E-state index contributed by atoms with van der Waals surface area (Å²) in [6.45, 7) is 5.56. The summed E-state index contributed by atoms with van der Waals surface area (Å²) in [4.78, 5) is 25.5. The Bertz CT molecular complexity index is 846. The monoisotopic (exact) mass is 399 g/mol. The van der Waals surface area contributed by atoms with Crippen LogP contribution in [0, 0.1) is 6.92 Å². The summed E-state index contributed by atoms with van der Waals surface area (Å²) in [5.41, 5.74) is 3.11. The van der Waals surface area contributed by atoms with Crippen LogP contribution in [0.3, 0.4) is 0 Å². The summed E-state index contributed by atoms with van der Waals surface area (Å²) >= 11 is 6.01. The second-order valence-electron chi connectivity index (χ2n) is 6.84. The molecule has 0 atom stereocenters. The number of carbonyl (C=O) groups is 1. The van der Waals surface area contributed by atoms with Crippen LogP contribution in [0.5, 0.6) is 0 Å². The van der Waals surface area contributed by atoms with Crippen molar-refractivity contribution in [3.8, 4) is 0 Å². The van der Waals surface area contributed by atoms with Gasteiger partial charge in [-0.2, -0.15) is 0 Å². The lowest BCUT2D eigenvalue weighted by Gasteiger charge is -2.36. The van der Waals surface area contributed by atoms with E-state index in [1.807, 2.05) is 35.2 Å². The number of carbonyl (C=O) groups excluding carboxylic acids is 1. The van der Waals surface area contributed by atoms with E-state index in [1.54, 1.807) is 13.2 Å². The van der Waals surface area contributed by atoms with Crippen molar-refractivity contribution >= 4 is 23.5 Å². The number of halogens is 1. The van der Waals surface area contributed by atoms with Crippen molar-refractivity contribution in [3.63, 3.8) is 0 Å². The lowest BCUT2D eigenvalue weighted by molar-refractivity contribution is -0.131. The Kier molecular flexibility index (Phi) is 6.87. The number of amides is 1. The number of hydrogen-bond acceptors (Lipinski definition) is 3. The maximum Gasteiger partial charge on any atom is 0.227 e. The maximum absolute atomic E-state index is 12.6. The SMILES string of the molecule is CN=C(NCc1ncccc1C)N1CCN(C(=O)Cc2cccc(Cl)c2)CC1. The van der Waals surface area contributed by atoms with Gasteiger partial charge >= 0.3 is 0 Å². The minimum Gasteiger partial charge on any atom is -0.351 e. The number of piperazine rings is 1. The zero-order chi connectivity index (χ0) is 19.9. The number of hydrogen-bond donors (Lipinski definition) is 1. The summed E-state index contributed by atoms with van der Waals surface area (Å²) in [6.07, 6.45) is 2.18. The zero-order valence-corrected chi connectivity index (χ0v) is 17.1. The lowest BCUT2D eigenvalue weighted by Crippen LogP contribution is -2.53. The standard InChI is InChI=1S/C21H26ClN5O/c1-16-5-4-8-24-19(16)15-25-21(23-2)27-11-9-26(10-12-27)20(28)14-17-6-3-7-18(22)13-17/h3-8,13H,9-12,14-15H2,1-2H3,(H,23,25). The fourth-order valence-corrected chi connectivity index (χ4v) is 3.51. The molecule has 1 N–H and O–H groups in total. The topological polar surface area (TPSA) is 60.8 Å². The van der Waals surface area contributed by atoms with Crippen LogP contribution in [0.4, 0.5) is 0 Å². The Morgan fingerprint density at radius 3 is 2.61 bits per heavy atom. The van der Waals surface area contributed by atoms with E-state index in [-0.39, 0.29) is 5.91 Å². The number of aliphatic imine (C=N–C) groups is 1. The largest absolute Gasteiger partial charge is 0.351 e. The van der Waals surface area contributed by atoms with Crippen molar-refractivity contribution < 1.29 is 4.79 Å². The first-order chi connectivity index (χ1) is 13.6. The molecule has 6 nitrogen and oxygen atoms in total. The molecule has 1 aliphatic heterocycles. The fraction of sp³-hybridized carbons (Fsp3) is 0.381. The van der Waals surface area contributed by atoms with Crippen LogP contribution in [0.2, 0.25) is 5.02 Å². The van der Waals surface area contributed by atoms with E-state index in [1.165, 1.54) is 0 Å². The Labute approximate surface area is 171 Å². The van der Waals surface area contributed by atoms with Crippen LogP contribution in [0.1, 0.15) is 16.8 Å². The van der Waals surface area contributed by atoms with Crippen LogP contribution < -0.4 is 5.32 Å². The van der Waals surface area contributed by atoms with E-state index >= 15 is 0 Å². The molecule has 28 heavy (non-hydrogen) atoms. The van der Waals surface area contributed by atoms with Crippen LogP contribution in [0.15, 0.2) is 47.6 Å². The zero-order valence-electron chi connectivity index (χ0n) is 16.4. The molecule has 1 aromatic heterocycles. The molecule has 1 amide bonds. The number of nitrogens with zero attached hydrogens (tertiary/aromatic N) is 4. The van der Waals surface area contributed by atoms with Gasteiger partial charge in [0.15, 0.2) is 5.96 Å². The van der Waals surface area contributed by atoms with Gasteiger partial charge in [-0.3, -0.25) is 14.8 Å². The smallest absolute Gasteiger partial charge is 0.227 e. The van der Waals surface area contributed by atoms with Crippen LogP contribution in [0.25, 0.3) is 0 Å². The third kappa shape index (κ3) is 5.23. The molecule has 3 rings (SSSR count). The van der Waals surface area contributed by atoms with Crippen molar-refractivity contribution in [2.24, 2.45) is 4.99 Å².